The summed E-state index contributed by atoms with van der Waals surface area (Å²) in [6.07, 6.45) is -0.147. The number of aryl methyl sites for hydroxylation is 2. The number of aromatic hydroxyl groups is 1. The zero-order valence-electron chi connectivity index (χ0n) is 40.8. The third kappa shape index (κ3) is 12.8. The van der Waals surface area contributed by atoms with Crippen molar-refractivity contribution in [3.63, 3.8) is 0 Å². The van der Waals surface area contributed by atoms with Crippen molar-refractivity contribution in [1.82, 2.24) is 14.4 Å². The summed E-state index contributed by atoms with van der Waals surface area (Å²) in [5.74, 6) is -2.39. The molecule has 0 spiro atoms. The number of imidazole rings is 1. The van der Waals surface area contributed by atoms with Gasteiger partial charge in [-0.15, -0.1) is 37.3 Å². The van der Waals surface area contributed by atoms with Gasteiger partial charge < -0.3 is 15.2 Å². The van der Waals surface area contributed by atoms with Crippen molar-refractivity contribution < 1.29 is 66.5 Å². The SMILES string of the molecule is CC(=O)Nc1cc2c(cc1S(=O)(=O)O)nc1c(C#N)c(C)c(N=Nc3cc(C)c(N=Nc4cc(C)c(N=Nc5nc6c(S(=O)(=O)O)cc7ccccc7c6s5)cc4SCCCS(=O)(=O)O)cc3OCCCS(=O)(=O)O)c(O)n12. The lowest BCUT2D eigenvalue weighted by molar-refractivity contribution is -0.114. The minimum atomic E-state index is -4.91. The first-order valence-electron chi connectivity index (χ1n) is 22.5. The summed E-state index contributed by atoms with van der Waals surface area (Å²) in [7, 11) is -18.3. The van der Waals surface area contributed by atoms with Crippen LogP contribution >= 0.6 is 23.1 Å². The van der Waals surface area contributed by atoms with Crippen LogP contribution in [0.1, 0.15) is 42.0 Å². The fourth-order valence-corrected chi connectivity index (χ4v) is 12.3. The summed E-state index contributed by atoms with van der Waals surface area (Å²) in [6.45, 7) is 5.58. The minimum absolute atomic E-state index is 0.00340. The molecule has 0 aliphatic carbocycles. The van der Waals surface area contributed by atoms with Crippen LogP contribution < -0.4 is 10.1 Å². The van der Waals surface area contributed by atoms with E-state index >= 15 is 0 Å². The molecule has 0 unspecified atom stereocenters. The Bertz CT molecular complexity index is 4420. The van der Waals surface area contributed by atoms with E-state index in [9.17, 15) is 67.0 Å². The second kappa shape index (κ2) is 22.1. The molecular weight excluding hydrogens is 1140 g/mol. The highest BCUT2D eigenvalue weighted by Crippen LogP contribution is 2.44. The average Bonchev–Trinajstić information content (AvgIpc) is 4.19. The molecule has 0 aliphatic heterocycles. The standard InChI is InChI=1S/C46H41N11O15S6/c1-23-15-33(53-55-41-25(3)29(22-47)44-49-32-21-39(77(66,67)68)35(48-26(4)58)18-36(32)57(44)45(41)59)37(72-11-7-13-75(60,61)62)19-30(23)51-54-34-16-24(2)31(20-38(34)73-12-8-14-76(63,64)65)52-56-46-50-42-40(78(69,70)71)17-27-9-5-6-10-28(27)43(42)74-46/h5-6,9-10,15-21,59H,7-8,11-14H2,1-4H3,(H,48,58)(H,60,61,62)(H,63,64,65)(H,66,67,68)(H,69,70,71). The number of anilines is 1. The van der Waals surface area contributed by atoms with E-state index in [2.05, 4.69) is 46.0 Å². The molecule has 3 aromatic heterocycles. The smallest absolute Gasteiger partial charge is 0.296 e. The topological polar surface area (TPSA) is 404 Å². The van der Waals surface area contributed by atoms with Crippen LogP contribution in [-0.2, 0) is 45.3 Å². The molecule has 6 N–H and O–H groups in total. The van der Waals surface area contributed by atoms with Crippen LogP contribution in [0.5, 0.6) is 11.6 Å². The van der Waals surface area contributed by atoms with E-state index in [-0.39, 0.29) is 97.8 Å². The molecule has 0 fully saturated rings. The molecule has 78 heavy (non-hydrogen) atoms. The van der Waals surface area contributed by atoms with Gasteiger partial charge in [0, 0.05) is 28.8 Å². The largest absolute Gasteiger partial charge is 0.493 e. The van der Waals surface area contributed by atoms with Crippen LogP contribution in [0.25, 0.3) is 37.7 Å². The quantitative estimate of drug-likeness (QED) is 0.0190. The van der Waals surface area contributed by atoms with Gasteiger partial charge in [0.15, 0.2) is 11.3 Å². The predicted molar refractivity (Wildman–Crippen MR) is 288 cm³/mol. The molecule has 0 saturated heterocycles. The van der Waals surface area contributed by atoms with E-state index < -0.39 is 73.6 Å². The number of benzene rings is 5. The molecule has 0 saturated carbocycles. The van der Waals surface area contributed by atoms with E-state index in [1.807, 2.05) is 6.07 Å². The van der Waals surface area contributed by atoms with E-state index in [1.54, 1.807) is 50.2 Å². The van der Waals surface area contributed by atoms with Crippen molar-refractivity contribution in [1.29, 1.82) is 5.26 Å². The number of nitrogens with one attached hydrogen (secondary N) is 1. The summed E-state index contributed by atoms with van der Waals surface area (Å²) in [5.41, 5.74) is 0.773. The molecule has 5 aromatic carbocycles. The minimum Gasteiger partial charge on any atom is -0.493 e. The van der Waals surface area contributed by atoms with Crippen LogP contribution in [0.2, 0.25) is 0 Å². The first kappa shape index (κ1) is 56.7. The highest BCUT2D eigenvalue weighted by molar-refractivity contribution is 7.99. The number of thioether (sulfide) groups is 1. The summed E-state index contributed by atoms with van der Waals surface area (Å²) in [4.78, 5) is 20.1. The molecule has 32 heteroatoms. The number of azo groups is 3. The lowest BCUT2D eigenvalue weighted by atomic mass is 10.1. The van der Waals surface area contributed by atoms with Gasteiger partial charge in [0.05, 0.1) is 56.6 Å². The van der Waals surface area contributed by atoms with E-state index in [0.717, 1.165) is 46.6 Å². The van der Waals surface area contributed by atoms with Crippen LogP contribution in [0.3, 0.4) is 0 Å². The van der Waals surface area contributed by atoms with Gasteiger partial charge in [-0.05, 0) is 92.3 Å². The van der Waals surface area contributed by atoms with Crippen molar-refractivity contribution in [2.45, 2.75) is 55.2 Å². The molecule has 406 valence electrons. The number of fused-ring (bicyclic) bond motifs is 6. The first-order valence-corrected chi connectivity index (χ1v) is 30.4. The van der Waals surface area contributed by atoms with Gasteiger partial charge in [-0.1, -0.05) is 35.6 Å². The number of hydrogen-bond donors (Lipinski definition) is 6. The third-order valence-corrected chi connectivity index (χ3v) is 16.9. The van der Waals surface area contributed by atoms with Gasteiger partial charge in [0.1, 0.15) is 38.4 Å². The van der Waals surface area contributed by atoms with Crippen molar-refractivity contribution in [3.8, 4) is 17.7 Å². The molecule has 0 bridgehead atoms. The predicted octanol–water partition coefficient (Wildman–Crippen LogP) is 10.5. The summed E-state index contributed by atoms with van der Waals surface area (Å²) >= 11 is 2.21. The number of nitriles is 1. The van der Waals surface area contributed by atoms with Crippen LogP contribution in [-0.4, -0.2) is 101 Å². The summed E-state index contributed by atoms with van der Waals surface area (Å²) in [6, 6.07) is 18.4. The van der Waals surface area contributed by atoms with Gasteiger partial charge in [-0.2, -0.15) is 44.0 Å². The van der Waals surface area contributed by atoms with Crippen LogP contribution in [0.4, 0.5) is 39.3 Å². The molecule has 26 nitrogen and oxygen atoms in total. The van der Waals surface area contributed by atoms with Crippen molar-refractivity contribution in [2.75, 3.05) is 29.2 Å². The molecular formula is C46H41N11O15S6. The van der Waals surface area contributed by atoms with Gasteiger partial charge in [0.25, 0.3) is 40.5 Å². The Balaban J connectivity index is 1.18. The Hall–Kier alpha value is -7.45. The van der Waals surface area contributed by atoms with Gasteiger partial charge in [0.2, 0.25) is 16.9 Å². The van der Waals surface area contributed by atoms with Crippen molar-refractivity contribution in [2.24, 2.45) is 30.7 Å². The number of nitrogens with zero attached hydrogens (tertiary/aromatic N) is 10. The van der Waals surface area contributed by atoms with Gasteiger partial charge in [-0.25, -0.2) is 9.97 Å². The number of aromatic nitrogens is 3. The molecule has 0 atom stereocenters. The first-order chi connectivity index (χ1) is 36.6. The fourth-order valence-electron chi connectivity index (χ4n) is 7.82. The van der Waals surface area contributed by atoms with Gasteiger partial charge in [-0.3, -0.25) is 27.4 Å². The fraction of sp³-hybridized carbons (Fsp3) is 0.217. The number of hydrogen-bond acceptors (Lipinski definition) is 22. The number of amides is 1. The monoisotopic (exact) mass is 1180 g/mol. The number of carbonyl (C=O) groups is 1. The van der Waals surface area contributed by atoms with E-state index in [4.69, 9.17) is 4.74 Å². The molecule has 0 aliphatic rings. The summed E-state index contributed by atoms with van der Waals surface area (Å²) in [5, 5.41) is 51.9. The van der Waals surface area contributed by atoms with Gasteiger partial charge >= 0.3 is 0 Å². The average molecular weight is 1180 g/mol. The Kier molecular flexibility index (Phi) is 16.1. The normalized spacial score (nSPS) is 12.8. The lowest BCUT2D eigenvalue weighted by Crippen LogP contribution is -2.11. The third-order valence-electron chi connectivity index (χ3n) is 11.4. The molecule has 8 rings (SSSR count). The number of thiazole rings is 1. The molecule has 0 radical (unpaired) electrons. The summed E-state index contributed by atoms with van der Waals surface area (Å²) < 4.78 is 142. The van der Waals surface area contributed by atoms with E-state index in [0.29, 0.717) is 37.2 Å². The number of ether oxygens (including phenoxy) is 1. The van der Waals surface area contributed by atoms with E-state index in [1.165, 1.54) is 25.1 Å². The lowest BCUT2D eigenvalue weighted by Gasteiger charge is -2.12. The maximum absolute atomic E-state index is 12.4. The number of pyridine rings is 1. The molecule has 8 aromatic rings. The Morgan fingerprint density at radius 2 is 1.40 bits per heavy atom. The second-order valence-electron chi connectivity index (χ2n) is 17.1. The van der Waals surface area contributed by atoms with Crippen molar-refractivity contribution >= 4 is 146 Å². The Morgan fingerprint density at radius 1 is 0.769 bits per heavy atom. The molecule has 3 heterocycles. The maximum Gasteiger partial charge on any atom is 0.296 e. The highest BCUT2D eigenvalue weighted by Gasteiger charge is 2.26. The Labute approximate surface area is 451 Å². The van der Waals surface area contributed by atoms with Crippen LogP contribution in [0.15, 0.2) is 112 Å². The second-order valence-corrected chi connectivity index (χ2v) is 25.1. The Morgan fingerprint density at radius 3 is 2.06 bits per heavy atom. The number of carbonyl (C=O) groups excluding carboxylic acids is 1. The zero-order chi connectivity index (χ0) is 56.6. The number of rotatable bonds is 19. The highest BCUT2D eigenvalue weighted by atomic mass is 32.2. The zero-order valence-corrected chi connectivity index (χ0v) is 45.7. The molecule has 1 amide bonds. The maximum atomic E-state index is 12.4. The van der Waals surface area contributed by atoms with Crippen LogP contribution in [0, 0.1) is 32.1 Å². The van der Waals surface area contributed by atoms with Crippen molar-refractivity contribution in [3.05, 3.63) is 89.0 Å².